The minimum absolute atomic E-state index is 0.225. The lowest BCUT2D eigenvalue weighted by Gasteiger charge is -2.05. The van der Waals surface area contributed by atoms with Crippen LogP contribution in [0, 0.1) is 0 Å². The molecular formula is C6H6ClF3N2O. The van der Waals surface area contributed by atoms with E-state index in [0.29, 0.717) is 4.68 Å². The standard InChI is InChI=1S/C6H6ClF3N2O/c1-12-4(6(8,9)10)3(7)5(11-12)13-2/h1-2H3. The number of ether oxygens (including phenoxy) is 1. The molecule has 1 rings (SSSR count). The van der Waals surface area contributed by atoms with Gasteiger partial charge in [-0.25, -0.2) is 0 Å². The summed E-state index contributed by atoms with van der Waals surface area (Å²) in [5, 5.41) is 2.92. The number of hydrogen-bond acceptors (Lipinski definition) is 2. The molecule has 0 N–H and O–H groups in total. The van der Waals surface area contributed by atoms with Gasteiger partial charge in [0.1, 0.15) is 5.02 Å². The Morgan fingerprint density at radius 3 is 2.23 bits per heavy atom. The van der Waals surface area contributed by atoms with Crippen LogP contribution in [-0.2, 0) is 13.2 Å². The number of rotatable bonds is 1. The molecule has 0 amide bonds. The SMILES string of the molecule is COc1nn(C)c(C(F)(F)F)c1Cl. The maximum atomic E-state index is 12.3. The van der Waals surface area contributed by atoms with Gasteiger partial charge in [-0.15, -0.1) is 5.10 Å². The molecule has 1 aromatic rings. The molecule has 0 aliphatic heterocycles. The van der Waals surface area contributed by atoms with E-state index in [2.05, 4.69) is 9.84 Å². The van der Waals surface area contributed by atoms with Crippen LogP contribution in [0.4, 0.5) is 13.2 Å². The van der Waals surface area contributed by atoms with Crippen molar-refractivity contribution in [3.63, 3.8) is 0 Å². The molecule has 3 nitrogen and oxygen atoms in total. The lowest BCUT2D eigenvalue weighted by atomic mass is 10.4. The number of nitrogens with zero attached hydrogens (tertiary/aromatic N) is 2. The van der Waals surface area contributed by atoms with Crippen LogP contribution in [0.1, 0.15) is 5.69 Å². The van der Waals surface area contributed by atoms with Gasteiger partial charge in [-0.3, -0.25) is 4.68 Å². The minimum Gasteiger partial charge on any atom is -0.479 e. The van der Waals surface area contributed by atoms with E-state index in [9.17, 15) is 13.2 Å². The number of aryl methyl sites for hydroxylation is 1. The van der Waals surface area contributed by atoms with Crippen LogP contribution in [-0.4, -0.2) is 16.9 Å². The van der Waals surface area contributed by atoms with Crippen molar-refractivity contribution in [2.24, 2.45) is 7.05 Å². The van der Waals surface area contributed by atoms with Gasteiger partial charge in [-0.1, -0.05) is 11.6 Å². The summed E-state index contributed by atoms with van der Waals surface area (Å²) in [6.45, 7) is 0. The van der Waals surface area contributed by atoms with Gasteiger partial charge < -0.3 is 4.74 Å². The number of alkyl halides is 3. The van der Waals surface area contributed by atoms with Crippen molar-refractivity contribution in [2.75, 3.05) is 7.11 Å². The third-order valence-corrected chi connectivity index (χ3v) is 1.76. The molecule has 0 saturated carbocycles. The van der Waals surface area contributed by atoms with Crippen LogP contribution in [0.15, 0.2) is 0 Å². The van der Waals surface area contributed by atoms with Crippen molar-refractivity contribution >= 4 is 11.6 Å². The van der Waals surface area contributed by atoms with E-state index in [0.717, 1.165) is 7.05 Å². The van der Waals surface area contributed by atoms with Gasteiger partial charge in [-0.2, -0.15) is 13.2 Å². The molecule has 0 atom stereocenters. The second kappa shape index (κ2) is 3.10. The molecule has 0 radical (unpaired) electrons. The predicted octanol–water partition coefficient (Wildman–Crippen LogP) is 2.10. The zero-order valence-electron chi connectivity index (χ0n) is 6.81. The summed E-state index contributed by atoms with van der Waals surface area (Å²) in [7, 11) is 2.35. The number of methoxy groups -OCH3 is 1. The van der Waals surface area contributed by atoms with Gasteiger partial charge in [0, 0.05) is 7.05 Å². The van der Waals surface area contributed by atoms with Gasteiger partial charge >= 0.3 is 6.18 Å². The van der Waals surface area contributed by atoms with Crippen LogP contribution in [0.2, 0.25) is 5.02 Å². The molecule has 0 unspecified atom stereocenters. The van der Waals surface area contributed by atoms with Gasteiger partial charge in [-0.05, 0) is 0 Å². The minimum atomic E-state index is -4.52. The van der Waals surface area contributed by atoms with E-state index in [1.165, 1.54) is 7.11 Å². The van der Waals surface area contributed by atoms with Crippen molar-refractivity contribution in [1.29, 1.82) is 0 Å². The average Bonchev–Trinajstić information content (AvgIpc) is 2.24. The largest absolute Gasteiger partial charge is 0.479 e. The Bertz CT molecular complexity index is 320. The molecule has 0 fully saturated rings. The third kappa shape index (κ3) is 1.72. The van der Waals surface area contributed by atoms with Crippen molar-refractivity contribution < 1.29 is 17.9 Å². The maximum Gasteiger partial charge on any atom is 0.434 e. The quantitative estimate of drug-likeness (QED) is 0.716. The summed E-state index contributed by atoms with van der Waals surface area (Å²) in [5.41, 5.74) is -1.01. The highest BCUT2D eigenvalue weighted by atomic mass is 35.5. The van der Waals surface area contributed by atoms with Gasteiger partial charge in [0.2, 0.25) is 0 Å². The third-order valence-electron chi connectivity index (χ3n) is 1.42. The van der Waals surface area contributed by atoms with Crippen LogP contribution >= 0.6 is 11.6 Å². The van der Waals surface area contributed by atoms with Crippen LogP contribution in [0.5, 0.6) is 5.88 Å². The zero-order valence-corrected chi connectivity index (χ0v) is 7.57. The highest BCUT2D eigenvalue weighted by Crippen LogP contribution is 2.38. The lowest BCUT2D eigenvalue weighted by molar-refractivity contribution is -0.143. The first-order valence-corrected chi connectivity index (χ1v) is 3.59. The highest BCUT2D eigenvalue weighted by molar-refractivity contribution is 6.32. The molecule has 0 aromatic carbocycles. The molecule has 1 aromatic heterocycles. The second-order valence-corrected chi connectivity index (χ2v) is 2.67. The van der Waals surface area contributed by atoms with E-state index < -0.39 is 16.9 Å². The Morgan fingerprint density at radius 1 is 1.46 bits per heavy atom. The molecular weight excluding hydrogens is 209 g/mol. The normalized spacial score (nSPS) is 11.8. The molecule has 74 valence electrons. The average molecular weight is 215 g/mol. The fraction of sp³-hybridized carbons (Fsp3) is 0.500. The van der Waals surface area contributed by atoms with E-state index in [-0.39, 0.29) is 5.88 Å². The van der Waals surface area contributed by atoms with E-state index >= 15 is 0 Å². The van der Waals surface area contributed by atoms with E-state index in [1.807, 2.05) is 0 Å². The number of hydrogen-bond donors (Lipinski definition) is 0. The predicted molar refractivity (Wildman–Crippen MR) is 39.8 cm³/mol. The second-order valence-electron chi connectivity index (χ2n) is 2.29. The van der Waals surface area contributed by atoms with Crippen molar-refractivity contribution in [3.8, 4) is 5.88 Å². The van der Waals surface area contributed by atoms with Crippen LogP contribution in [0.25, 0.3) is 0 Å². The summed E-state index contributed by atoms with van der Waals surface area (Å²) in [5.74, 6) is -0.225. The highest BCUT2D eigenvalue weighted by Gasteiger charge is 2.39. The lowest BCUT2D eigenvalue weighted by Crippen LogP contribution is -2.12. The van der Waals surface area contributed by atoms with Crippen molar-refractivity contribution in [3.05, 3.63) is 10.7 Å². The summed E-state index contributed by atoms with van der Waals surface area (Å²) < 4.78 is 42.0. The Labute approximate surface area is 77.0 Å². The summed E-state index contributed by atoms with van der Waals surface area (Å²) in [6.07, 6.45) is -4.52. The number of aromatic nitrogens is 2. The maximum absolute atomic E-state index is 12.3. The van der Waals surface area contributed by atoms with Gasteiger partial charge in [0.25, 0.3) is 5.88 Å². The molecule has 0 spiro atoms. The molecule has 0 bridgehead atoms. The Balaban J connectivity index is 3.29. The van der Waals surface area contributed by atoms with E-state index in [1.54, 1.807) is 0 Å². The first kappa shape index (κ1) is 10.2. The Hall–Kier alpha value is -0.910. The number of halogens is 4. The van der Waals surface area contributed by atoms with Crippen molar-refractivity contribution in [2.45, 2.75) is 6.18 Å². The van der Waals surface area contributed by atoms with Crippen LogP contribution < -0.4 is 4.74 Å². The van der Waals surface area contributed by atoms with Crippen molar-refractivity contribution in [1.82, 2.24) is 9.78 Å². The van der Waals surface area contributed by atoms with E-state index in [4.69, 9.17) is 11.6 Å². The molecule has 1 heterocycles. The molecule has 0 aliphatic rings. The zero-order chi connectivity index (χ0) is 10.2. The summed E-state index contributed by atoms with van der Waals surface area (Å²) in [4.78, 5) is 0. The van der Waals surface area contributed by atoms with Gasteiger partial charge in [0.05, 0.1) is 7.11 Å². The monoisotopic (exact) mass is 214 g/mol. The van der Waals surface area contributed by atoms with Crippen LogP contribution in [0.3, 0.4) is 0 Å². The fourth-order valence-electron chi connectivity index (χ4n) is 0.912. The Kier molecular flexibility index (Phi) is 2.42. The van der Waals surface area contributed by atoms with Gasteiger partial charge in [0.15, 0.2) is 5.69 Å². The topological polar surface area (TPSA) is 27.1 Å². The molecule has 7 heteroatoms. The Morgan fingerprint density at radius 2 is 2.00 bits per heavy atom. The summed E-state index contributed by atoms with van der Waals surface area (Å²) in [6, 6.07) is 0. The molecule has 0 aliphatic carbocycles. The fourth-order valence-corrected chi connectivity index (χ4v) is 1.26. The summed E-state index contributed by atoms with van der Waals surface area (Å²) >= 11 is 5.39. The smallest absolute Gasteiger partial charge is 0.434 e. The first-order chi connectivity index (χ1) is 5.88. The molecule has 0 saturated heterocycles. The first-order valence-electron chi connectivity index (χ1n) is 3.21. The molecule has 13 heavy (non-hydrogen) atoms.